The Hall–Kier alpha value is -1.37. The zero-order valence-corrected chi connectivity index (χ0v) is 11.7. The molecule has 2 rings (SSSR count). The number of hydrogen-bond acceptors (Lipinski definition) is 4. The second-order valence-electron chi connectivity index (χ2n) is 3.44. The molecule has 88 valence electrons. The van der Waals surface area contributed by atoms with Gasteiger partial charge in [-0.3, -0.25) is 0 Å². The Balaban J connectivity index is 2.23. The van der Waals surface area contributed by atoms with Crippen molar-refractivity contribution in [3.63, 3.8) is 0 Å². The fourth-order valence-electron chi connectivity index (χ4n) is 1.34. The molecular weight excluding hydrogens is 329 g/mol. The Morgan fingerprint density at radius 2 is 1.88 bits per heavy atom. The molecule has 1 aromatic heterocycles. The summed E-state index contributed by atoms with van der Waals surface area (Å²) >= 11 is 2.25. The average molecular weight is 341 g/mol. The molecule has 0 bridgehead atoms. The van der Waals surface area contributed by atoms with Crippen LogP contribution in [0.4, 0.5) is 5.82 Å². The zero-order chi connectivity index (χ0) is 12.3. The van der Waals surface area contributed by atoms with Crippen molar-refractivity contribution in [1.29, 1.82) is 0 Å². The Labute approximate surface area is 114 Å². The van der Waals surface area contributed by atoms with Crippen LogP contribution in [0.5, 0.6) is 11.6 Å². The Bertz CT molecular complexity index is 514. The van der Waals surface area contributed by atoms with Gasteiger partial charge in [-0.15, -0.1) is 0 Å². The number of aromatic nitrogens is 2. The molecule has 0 radical (unpaired) electrons. The van der Waals surface area contributed by atoms with E-state index in [1.165, 1.54) is 3.57 Å². The van der Waals surface area contributed by atoms with Crippen LogP contribution in [0.25, 0.3) is 0 Å². The van der Waals surface area contributed by atoms with Crippen LogP contribution in [0.1, 0.15) is 5.82 Å². The number of halogens is 1. The highest BCUT2D eigenvalue weighted by Crippen LogP contribution is 2.22. The van der Waals surface area contributed by atoms with Gasteiger partial charge < -0.3 is 10.1 Å². The second kappa shape index (κ2) is 5.31. The molecule has 0 aliphatic heterocycles. The molecule has 1 heterocycles. The molecule has 0 saturated heterocycles. The normalized spacial score (nSPS) is 10.1. The zero-order valence-electron chi connectivity index (χ0n) is 9.57. The fraction of sp³-hybridized carbons (Fsp3) is 0.167. The van der Waals surface area contributed by atoms with Gasteiger partial charge in [0.1, 0.15) is 17.4 Å². The Kier molecular flexibility index (Phi) is 3.78. The van der Waals surface area contributed by atoms with E-state index in [2.05, 4.69) is 37.9 Å². The number of benzene rings is 1. The third-order valence-electron chi connectivity index (χ3n) is 2.11. The van der Waals surface area contributed by atoms with Crippen LogP contribution in [-0.4, -0.2) is 17.0 Å². The maximum Gasteiger partial charge on any atom is 0.224 e. The van der Waals surface area contributed by atoms with E-state index >= 15 is 0 Å². The third kappa shape index (κ3) is 3.29. The summed E-state index contributed by atoms with van der Waals surface area (Å²) in [5, 5.41) is 2.97. The molecule has 5 heteroatoms. The molecular formula is C12H12IN3O. The van der Waals surface area contributed by atoms with Gasteiger partial charge in [-0.05, 0) is 53.8 Å². The lowest BCUT2D eigenvalue weighted by molar-refractivity contribution is 0.460. The van der Waals surface area contributed by atoms with E-state index in [0.717, 1.165) is 11.6 Å². The lowest BCUT2D eigenvalue weighted by Gasteiger charge is -2.07. The Morgan fingerprint density at radius 3 is 2.53 bits per heavy atom. The van der Waals surface area contributed by atoms with Gasteiger partial charge in [0.2, 0.25) is 5.88 Å². The highest BCUT2D eigenvalue weighted by atomic mass is 127. The van der Waals surface area contributed by atoms with E-state index in [1.54, 1.807) is 6.07 Å². The highest BCUT2D eigenvalue weighted by Gasteiger charge is 2.03. The smallest absolute Gasteiger partial charge is 0.224 e. The number of rotatable bonds is 3. The molecule has 0 atom stereocenters. The molecule has 0 fully saturated rings. The van der Waals surface area contributed by atoms with Crippen molar-refractivity contribution in [2.45, 2.75) is 6.92 Å². The molecule has 0 unspecified atom stereocenters. The summed E-state index contributed by atoms with van der Waals surface area (Å²) in [5.41, 5.74) is 0. The van der Waals surface area contributed by atoms with Crippen LogP contribution in [0, 0.1) is 10.5 Å². The van der Waals surface area contributed by atoms with Crippen LogP contribution < -0.4 is 10.1 Å². The van der Waals surface area contributed by atoms with E-state index in [4.69, 9.17) is 4.74 Å². The van der Waals surface area contributed by atoms with Crippen molar-refractivity contribution in [1.82, 2.24) is 9.97 Å². The molecule has 0 aliphatic rings. The number of nitrogens with one attached hydrogen (secondary N) is 1. The topological polar surface area (TPSA) is 47.0 Å². The minimum atomic E-state index is 0.544. The lowest BCUT2D eigenvalue weighted by atomic mass is 10.3. The van der Waals surface area contributed by atoms with E-state index in [9.17, 15) is 0 Å². The average Bonchev–Trinajstić information content (AvgIpc) is 2.31. The summed E-state index contributed by atoms with van der Waals surface area (Å²) in [6.45, 7) is 1.83. The predicted molar refractivity (Wildman–Crippen MR) is 75.5 cm³/mol. The van der Waals surface area contributed by atoms with Gasteiger partial charge >= 0.3 is 0 Å². The largest absolute Gasteiger partial charge is 0.439 e. The number of ether oxygens (including phenoxy) is 1. The minimum Gasteiger partial charge on any atom is -0.439 e. The van der Waals surface area contributed by atoms with Crippen molar-refractivity contribution >= 4 is 28.4 Å². The van der Waals surface area contributed by atoms with Crippen molar-refractivity contribution in [2.75, 3.05) is 12.4 Å². The van der Waals surface area contributed by atoms with Crippen LogP contribution in [-0.2, 0) is 0 Å². The summed E-state index contributed by atoms with van der Waals surface area (Å²) in [5.74, 6) is 2.74. The summed E-state index contributed by atoms with van der Waals surface area (Å²) in [4.78, 5) is 8.43. The molecule has 0 amide bonds. The van der Waals surface area contributed by atoms with Gasteiger partial charge in [0, 0.05) is 16.7 Å². The SMILES string of the molecule is CNc1cc(Oc2ccc(I)cc2)nc(C)n1. The van der Waals surface area contributed by atoms with Crippen LogP contribution >= 0.6 is 22.6 Å². The molecule has 1 N–H and O–H groups in total. The number of nitrogens with zero attached hydrogens (tertiary/aromatic N) is 2. The standard InChI is InChI=1S/C12H12IN3O/c1-8-15-11(14-2)7-12(16-8)17-10-5-3-9(13)4-6-10/h3-7H,1-2H3,(H,14,15,16). The minimum absolute atomic E-state index is 0.544. The molecule has 0 spiro atoms. The van der Waals surface area contributed by atoms with Crippen molar-refractivity contribution in [3.8, 4) is 11.6 Å². The molecule has 2 aromatic rings. The van der Waals surface area contributed by atoms with E-state index < -0.39 is 0 Å². The second-order valence-corrected chi connectivity index (χ2v) is 4.69. The predicted octanol–water partition coefficient (Wildman–Crippen LogP) is 3.22. The van der Waals surface area contributed by atoms with Crippen LogP contribution in [0.2, 0.25) is 0 Å². The van der Waals surface area contributed by atoms with E-state index in [1.807, 2.05) is 38.2 Å². The quantitative estimate of drug-likeness (QED) is 0.871. The molecule has 4 nitrogen and oxygen atoms in total. The first kappa shape index (κ1) is 12.1. The van der Waals surface area contributed by atoms with Gasteiger partial charge in [-0.2, -0.15) is 4.98 Å². The van der Waals surface area contributed by atoms with Crippen molar-refractivity contribution in [3.05, 3.63) is 39.7 Å². The first-order chi connectivity index (χ1) is 8.17. The van der Waals surface area contributed by atoms with E-state index in [-0.39, 0.29) is 0 Å². The monoisotopic (exact) mass is 341 g/mol. The number of aryl methyl sites for hydroxylation is 1. The van der Waals surface area contributed by atoms with Crippen LogP contribution in [0.3, 0.4) is 0 Å². The molecule has 0 aliphatic carbocycles. The first-order valence-corrected chi connectivity index (χ1v) is 6.22. The number of hydrogen-bond donors (Lipinski definition) is 1. The highest BCUT2D eigenvalue weighted by molar-refractivity contribution is 14.1. The molecule has 17 heavy (non-hydrogen) atoms. The maximum atomic E-state index is 5.66. The first-order valence-electron chi connectivity index (χ1n) is 5.14. The lowest BCUT2D eigenvalue weighted by Crippen LogP contribution is -1.98. The van der Waals surface area contributed by atoms with Gasteiger partial charge in [0.15, 0.2) is 0 Å². The summed E-state index contributed by atoms with van der Waals surface area (Å²) in [6, 6.07) is 9.58. The number of anilines is 1. The Morgan fingerprint density at radius 1 is 1.18 bits per heavy atom. The van der Waals surface area contributed by atoms with Gasteiger partial charge in [0.05, 0.1) is 0 Å². The van der Waals surface area contributed by atoms with Gasteiger partial charge in [-0.1, -0.05) is 0 Å². The third-order valence-corrected chi connectivity index (χ3v) is 2.83. The van der Waals surface area contributed by atoms with Gasteiger partial charge in [-0.25, -0.2) is 4.98 Å². The molecule has 1 aromatic carbocycles. The molecule has 0 saturated carbocycles. The summed E-state index contributed by atoms with van der Waals surface area (Å²) in [7, 11) is 1.82. The fourth-order valence-corrected chi connectivity index (χ4v) is 1.70. The van der Waals surface area contributed by atoms with Crippen molar-refractivity contribution < 1.29 is 4.74 Å². The van der Waals surface area contributed by atoms with Crippen LogP contribution in [0.15, 0.2) is 30.3 Å². The van der Waals surface area contributed by atoms with Gasteiger partial charge in [0.25, 0.3) is 0 Å². The van der Waals surface area contributed by atoms with Crippen molar-refractivity contribution in [2.24, 2.45) is 0 Å². The summed E-state index contributed by atoms with van der Waals surface area (Å²) in [6.07, 6.45) is 0. The maximum absolute atomic E-state index is 5.66. The van der Waals surface area contributed by atoms with E-state index in [0.29, 0.717) is 11.7 Å². The summed E-state index contributed by atoms with van der Waals surface area (Å²) < 4.78 is 6.83.